The van der Waals surface area contributed by atoms with Gasteiger partial charge in [0.1, 0.15) is 5.75 Å². The minimum atomic E-state index is 0.636. The summed E-state index contributed by atoms with van der Waals surface area (Å²) in [4.78, 5) is 4.40. The van der Waals surface area contributed by atoms with Gasteiger partial charge in [0.25, 0.3) is 0 Å². The topological polar surface area (TPSA) is 27.1 Å². The molecule has 0 radical (unpaired) electrons. The number of ether oxygens (including phenoxy) is 1. The molecule has 3 nitrogen and oxygen atoms in total. The smallest absolute Gasteiger partial charge is 0.145 e. The van der Waals surface area contributed by atoms with Gasteiger partial charge in [0.05, 0.1) is 18.4 Å². The third-order valence-corrected chi connectivity index (χ3v) is 3.72. The highest BCUT2D eigenvalue weighted by Gasteiger charge is 2.19. The lowest BCUT2D eigenvalue weighted by molar-refractivity contribution is 0.412. The van der Waals surface area contributed by atoms with E-state index >= 15 is 0 Å². The zero-order valence-electron chi connectivity index (χ0n) is 10.7. The Morgan fingerprint density at radius 3 is 2.72 bits per heavy atom. The van der Waals surface area contributed by atoms with E-state index in [9.17, 15) is 0 Å². The Hall–Kier alpha value is -1.77. The Bertz CT molecular complexity index is 513. The van der Waals surface area contributed by atoms with E-state index in [0.29, 0.717) is 6.04 Å². The molecule has 1 saturated carbocycles. The molecule has 2 aromatic heterocycles. The Kier molecular flexibility index (Phi) is 3.05. The molecule has 3 rings (SSSR count). The van der Waals surface area contributed by atoms with Gasteiger partial charge in [-0.3, -0.25) is 4.98 Å². The molecule has 1 aliphatic rings. The number of hydrogen-bond donors (Lipinski definition) is 0. The van der Waals surface area contributed by atoms with Crippen molar-refractivity contribution in [2.24, 2.45) is 0 Å². The number of methoxy groups -OCH3 is 1. The second-order valence-corrected chi connectivity index (χ2v) is 4.84. The number of nitrogens with zero attached hydrogens (tertiary/aromatic N) is 2. The predicted octanol–water partition coefficient (Wildman–Crippen LogP) is 3.67. The van der Waals surface area contributed by atoms with E-state index in [1.165, 1.54) is 25.7 Å². The van der Waals surface area contributed by atoms with Gasteiger partial charge in [-0.25, -0.2) is 0 Å². The maximum atomic E-state index is 5.48. The maximum Gasteiger partial charge on any atom is 0.145 e. The standard InChI is InChI=1S/C15H18N2O/c1-18-15-11-17(12-6-2-3-7-12)10-13(15)14-8-4-5-9-16-14/h4-5,8-12H,2-3,6-7H2,1H3. The fourth-order valence-corrected chi connectivity index (χ4v) is 2.75. The molecule has 18 heavy (non-hydrogen) atoms. The molecule has 0 atom stereocenters. The van der Waals surface area contributed by atoms with Crippen molar-refractivity contribution in [2.45, 2.75) is 31.7 Å². The first-order chi connectivity index (χ1) is 8.88. The lowest BCUT2D eigenvalue weighted by Gasteiger charge is -2.10. The third-order valence-electron chi connectivity index (χ3n) is 3.72. The van der Waals surface area contributed by atoms with E-state index in [1.807, 2.05) is 24.4 Å². The largest absolute Gasteiger partial charge is 0.494 e. The van der Waals surface area contributed by atoms with Gasteiger partial charge < -0.3 is 9.30 Å². The van der Waals surface area contributed by atoms with Gasteiger partial charge in [-0.15, -0.1) is 0 Å². The molecule has 0 aromatic carbocycles. The van der Waals surface area contributed by atoms with Crippen LogP contribution in [0.2, 0.25) is 0 Å². The number of rotatable bonds is 3. The van der Waals surface area contributed by atoms with Crippen molar-refractivity contribution in [1.29, 1.82) is 0 Å². The van der Waals surface area contributed by atoms with Crippen LogP contribution in [0, 0.1) is 0 Å². The Morgan fingerprint density at radius 2 is 2.06 bits per heavy atom. The Morgan fingerprint density at radius 1 is 1.22 bits per heavy atom. The zero-order valence-corrected chi connectivity index (χ0v) is 10.7. The molecule has 0 saturated heterocycles. The zero-order chi connectivity index (χ0) is 12.4. The van der Waals surface area contributed by atoms with E-state index in [0.717, 1.165) is 17.0 Å². The van der Waals surface area contributed by atoms with Crippen LogP contribution in [-0.2, 0) is 0 Å². The van der Waals surface area contributed by atoms with E-state index in [2.05, 4.69) is 21.9 Å². The molecule has 0 unspecified atom stereocenters. The van der Waals surface area contributed by atoms with E-state index < -0.39 is 0 Å². The number of hydrogen-bond acceptors (Lipinski definition) is 2. The van der Waals surface area contributed by atoms with Crippen LogP contribution in [0.15, 0.2) is 36.8 Å². The Labute approximate surface area is 107 Å². The molecule has 3 heteroatoms. The highest BCUT2D eigenvalue weighted by molar-refractivity contribution is 5.66. The van der Waals surface area contributed by atoms with Crippen molar-refractivity contribution < 1.29 is 4.74 Å². The van der Waals surface area contributed by atoms with Gasteiger partial charge in [-0.05, 0) is 25.0 Å². The van der Waals surface area contributed by atoms with Crippen LogP contribution in [0.5, 0.6) is 5.75 Å². The monoisotopic (exact) mass is 242 g/mol. The Balaban J connectivity index is 1.98. The van der Waals surface area contributed by atoms with Gasteiger partial charge in [0.2, 0.25) is 0 Å². The summed E-state index contributed by atoms with van der Waals surface area (Å²) in [6.45, 7) is 0. The molecule has 0 bridgehead atoms. The van der Waals surface area contributed by atoms with Gasteiger partial charge in [-0.1, -0.05) is 18.9 Å². The van der Waals surface area contributed by atoms with E-state index in [4.69, 9.17) is 4.74 Å². The van der Waals surface area contributed by atoms with Crippen molar-refractivity contribution >= 4 is 0 Å². The second kappa shape index (κ2) is 4.84. The summed E-state index contributed by atoms with van der Waals surface area (Å²) in [5.41, 5.74) is 2.07. The summed E-state index contributed by atoms with van der Waals surface area (Å²) in [6.07, 6.45) is 11.3. The van der Waals surface area contributed by atoms with Crippen LogP contribution in [-0.4, -0.2) is 16.7 Å². The molecular weight excluding hydrogens is 224 g/mol. The summed E-state index contributed by atoms with van der Waals surface area (Å²) in [5.74, 6) is 0.917. The molecule has 0 amide bonds. The summed E-state index contributed by atoms with van der Waals surface area (Å²) >= 11 is 0. The van der Waals surface area contributed by atoms with Crippen LogP contribution in [0.3, 0.4) is 0 Å². The minimum Gasteiger partial charge on any atom is -0.494 e. The van der Waals surface area contributed by atoms with Crippen molar-refractivity contribution in [3.63, 3.8) is 0 Å². The first kappa shape index (κ1) is 11.3. The summed E-state index contributed by atoms with van der Waals surface area (Å²) < 4.78 is 7.78. The van der Waals surface area contributed by atoms with E-state index in [-0.39, 0.29) is 0 Å². The minimum absolute atomic E-state index is 0.636. The molecule has 1 fully saturated rings. The molecule has 2 aromatic rings. The van der Waals surface area contributed by atoms with Gasteiger partial charge in [-0.2, -0.15) is 0 Å². The average molecular weight is 242 g/mol. The van der Waals surface area contributed by atoms with Crippen LogP contribution in [0.1, 0.15) is 31.7 Å². The van der Waals surface area contributed by atoms with Crippen molar-refractivity contribution in [3.05, 3.63) is 36.8 Å². The molecule has 0 N–H and O–H groups in total. The summed E-state index contributed by atoms with van der Waals surface area (Å²) in [7, 11) is 1.72. The fourth-order valence-electron chi connectivity index (χ4n) is 2.75. The maximum absolute atomic E-state index is 5.48. The van der Waals surface area contributed by atoms with E-state index in [1.54, 1.807) is 7.11 Å². The van der Waals surface area contributed by atoms with Crippen molar-refractivity contribution in [2.75, 3.05) is 7.11 Å². The van der Waals surface area contributed by atoms with Gasteiger partial charge in [0.15, 0.2) is 0 Å². The van der Waals surface area contributed by atoms with Gasteiger partial charge in [0, 0.05) is 24.6 Å². The van der Waals surface area contributed by atoms with Crippen molar-refractivity contribution in [3.8, 4) is 17.0 Å². The molecule has 2 heterocycles. The molecular formula is C15H18N2O. The molecule has 1 aliphatic carbocycles. The highest BCUT2D eigenvalue weighted by Crippen LogP contribution is 2.36. The predicted molar refractivity (Wildman–Crippen MR) is 71.7 cm³/mol. The van der Waals surface area contributed by atoms with Crippen LogP contribution >= 0.6 is 0 Å². The van der Waals surface area contributed by atoms with Crippen molar-refractivity contribution in [1.82, 2.24) is 9.55 Å². The molecule has 94 valence electrons. The van der Waals surface area contributed by atoms with Crippen LogP contribution in [0.25, 0.3) is 11.3 Å². The SMILES string of the molecule is COc1cn(C2CCCC2)cc1-c1ccccn1. The third kappa shape index (κ3) is 2.01. The summed E-state index contributed by atoms with van der Waals surface area (Å²) in [6, 6.07) is 6.60. The summed E-state index contributed by atoms with van der Waals surface area (Å²) in [5, 5.41) is 0. The lowest BCUT2D eigenvalue weighted by atomic mass is 10.2. The fraction of sp³-hybridized carbons (Fsp3) is 0.400. The molecule has 0 spiro atoms. The average Bonchev–Trinajstić information content (AvgIpc) is 3.08. The van der Waals surface area contributed by atoms with Gasteiger partial charge >= 0.3 is 0 Å². The number of aromatic nitrogens is 2. The number of pyridine rings is 1. The normalized spacial score (nSPS) is 16.1. The highest BCUT2D eigenvalue weighted by atomic mass is 16.5. The van der Waals surface area contributed by atoms with Crippen LogP contribution < -0.4 is 4.74 Å². The lowest BCUT2D eigenvalue weighted by Crippen LogP contribution is -2.00. The second-order valence-electron chi connectivity index (χ2n) is 4.84. The molecule has 0 aliphatic heterocycles. The quantitative estimate of drug-likeness (QED) is 0.821. The first-order valence-corrected chi connectivity index (χ1v) is 6.55. The van der Waals surface area contributed by atoms with Crippen LogP contribution in [0.4, 0.5) is 0 Å². The first-order valence-electron chi connectivity index (χ1n) is 6.55.